The number of carboxylic acids is 2. The molecule has 0 aromatic rings. The Labute approximate surface area is 93.6 Å². The average Bonchev–Trinajstić information content (AvgIpc) is 2.90. The van der Waals surface area contributed by atoms with Gasteiger partial charge in [0.1, 0.15) is 0 Å². The molecule has 0 heterocycles. The molecule has 1 spiro atoms. The Morgan fingerprint density at radius 3 is 2.25 bits per heavy atom. The van der Waals surface area contributed by atoms with Crippen molar-refractivity contribution in [3.05, 3.63) is 0 Å². The SMILES string of the molecule is O=C(O)[C@@H]1[C@H]2CC[C@H](C[C@H]1C(=O)O)C21CC1. The van der Waals surface area contributed by atoms with E-state index in [1.165, 1.54) is 0 Å². The summed E-state index contributed by atoms with van der Waals surface area (Å²) < 4.78 is 0. The van der Waals surface area contributed by atoms with Crippen molar-refractivity contribution in [2.45, 2.75) is 32.1 Å². The highest BCUT2D eigenvalue weighted by Crippen LogP contribution is 2.71. The van der Waals surface area contributed by atoms with E-state index >= 15 is 0 Å². The minimum atomic E-state index is -0.917. The highest BCUT2D eigenvalue weighted by Gasteiger charge is 2.66. The monoisotopic (exact) mass is 224 g/mol. The van der Waals surface area contributed by atoms with E-state index < -0.39 is 23.8 Å². The summed E-state index contributed by atoms with van der Waals surface area (Å²) >= 11 is 0. The van der Waals surface area contributed by atoms with Gasteiger partial charge in [-0.25, -0.2) is 0 Å². The van der Waals surface area contributed by atoms with Crippen LogP contribution < -0.4 is 0 Å². The van der Waals surface area contributed by atoms with Gasteiger partial charge in [-0.2, -0.15) is 0 Å². The van der Waals surface area contributed by atoms with E-state index in [0.29, 0.717) is 12.3 Å². The molecule has 3 fully saturated rings. The van der Waals surface area contributed by atoms with E-state index in [1.54, 1.807) is 0 Å². The van der Waals surface area contributed by atoms with Gasteiger partial charge < -0.3 is 10.2 Å². The summed E-state index contributed by atoms with van der Waals surface area (Å²) in [7, 11) is 0. The van der Waals surface area contributed by atoms with E-state index in [4.69, 9.17) is 5.11 Å². The quantitative estimate of drug-likeness (QED) is 0.747. The number of carboxylic acid groups (broad SMARTS) is 2. The van der Waals surface area contributed by atoms with Crippen LogP contribution in [-0.2, 0) is 9.59 Å². The molecule has 2 N–H and O–H groups in total. The van der Waals surface area contributed by atoms with Gasteiger partial charge in [-0.1, -0.05) is 0 Å². The van der Waals surface area contributed by atoms with Gasteiger partial charge >= 0.3 is 11.9 Å². The van der Waals surface area contributed by atoms with Crippen molar-refractivity contribution >= 4 is 11.9 Å². The first-order valence-electron chi connectivity index (χ1n) is 6.02. The topological polar surface area (TPSA) is 74.6 Å². The summed E-state index contributed by atoms with van der Waals surface area (Å²) in [5.74, 6) is -2.50. The van der Waals surface area contributed by atoms with Crippen LogP contribution in [-0.4, -0.2) is 22.2 Å². The second-order valence-electron chi connectivity index (χ2n) is 5.66. The molecular weight excluding hydrogens is 208 g/mol. The lowest BCUT2D eigenvalue weighted by molar-refractivity contribution is -0.160. The Hall–Kier alpha value is -1.06. The summed E-state index contributed by atoms with van der Waals surface area (Å²) in [6.45, 7) is 0. The van der Waals surface area contributed by atoms with Gasteiger partial charge in [-0.05, 0) is 49.4 Å². The fourth-order valence-electron chi connectivity index (χ4n) is 4.40. The molecule has 3 aliphatic carbocycles. The summed E-state index contributed by atoms with van der Waals surface area (Å²) in [5, 5.41) is 18.4. The third kappa shape index (κ3) is 1.10. The molecule has 88 valence electrons. The second-order valence-corrected chi connectivity index (χ2v) is 5.66. The van der Waals surface area contributed by atoms with Gasteiger partial charge in [-0.15, -0.1) is 0 Å². The minimum absolute atomic E-state index is 0.129. The van der Waals surface area contributed by atoms with Crippen LogP contribution in [0.4, 0.5) is 0 Å². The number of hydrogen-bond donors (Lipinski definition) is 2. The highest BCUT2D eigenvalue weighted by molar-refractivity contribution is 5.81. The molecule has 0 aromatic carbocycles. The van der Waals surface area contributed by atoms with E-state index in [-0.39, 0.29) is 11.3 Å². The molecule has 0 aromatic heterocycles. The Morgan fingerprint density at radius 1 is 1.06 bits per heavy atom. The summed E-state index contributed by atoms with van der Waals surface area (Å²) in [6, 6.07) is 0. The maximum absolute atomic E-state index is 11.3. The summed E-state index contributed by atoms with van der Waals surface area (Å²) in [6.07, 6.45) is 4.79. The number of carbonyl (C=O) groups is 2. The predicted molar refractivity (Wildman–Crippen MR) is 54.7 cm³/mol. The van der Waals surface area contributed by atoms with Gasteiger partial charge in [0.2, 0.25) is 0 Å². The van der Waals surface area contributed by atoms with Gasteiger partial charge in [0.15, 0.2) is 0 Å². The molecule has 0 radical (unpaired) electrons. The first-order chi connectivity index (χ1) is 7.56. The fraction of sp³-hybridized carbons (Fsp3) is 0.833. The molecule has 4 nitrogen and oxygen atoms in total. The van der Waals surface area contributed by atoms with Crippen molar-refractivity contribution in [3.63, 3.8) is 0 Å². The normalized spacial score (nSPS) is 43.2. The maximum Gasteiger partial charge on any atom is 0.307 e. The fourth-order valence-corrected chi connectivity index (χ4v) is 4.40. The molecule has 0 aliphatic heterocycles. The van der Waals surface area contributed by atoms with E-state index in [1.807, 2.05) is 0 Å². The van der Waals surface area contributed by atoms with E-state index in [2.05, 4.69) is 0 Å². The molecule has 0 amide bonds. The molecule has 0 unspecified atom stereocenters. The average molecular weight is 224 g/mol. The van der Waals surface area contributed by atoms with Crippen molar-refractivity contribution in [2.24, 2.45) is 29.1 Å². The van der Waals surface area contributed by atoms with Crippen LogP contribution in [0.25, 0.3) is 0 Å². The largest absolute Gasteiger partial charge is 0.481 e. The van der Waals surface area contributed by atoms with Gasteiger partial charge in [-0.3, -0.25) is 9.59 Å². The highest BCUT2D eigenvalue weighted by atomic mass is 16.4. The molecule has 4 atom stereocenters. The van der Waals surface area contributed by atoms with Crippen LogP contribution in [0, 0.1) is 29.1 Å². The van der Waals surface area contributed by atoms with Gasteiger partial charge in [0.25, 0.3) is 0 Å². The van der Waals surface area contributed by atoms with Crippen molar-refractivity contribution in [2.75, 3.05) is 0 Å². The molecule has 16 heavy (non-hydrogen) atoms. The third-order valence-electron chi connectivity index (χ3n) is 5.21. The van der Waals surface area contributed by atoms with Crippen molar-refractivity contribution in [1.29, 1.82) is 0 Å². The second kappa shape index (κ2) is 2.99. The summed E-state index contributed by atoms with van der Waals surface area (Å²) in [4.78, 5) is 22.5. The molecule has 0 saturated heterocycles. The molecule has 3 rings (SSSR count). The standard InChI is InChI=1S/C12H16O4/c13-10(14)7-5-6-1-2-8(9(7)11(15)16)12(6)3-4-12/h6-9H,1-5H2,(H,13,14)(H,15,16)/t6-,7-,8-,9+/m1/s1. The van der Waals surface area contributed by atoms with Crippen LogP contribution in [0.5, 0.6) is 0 Å². The Kier molecular flexibility index (Phi) is 1.89. The zero-order valence-corrected chi connectivity index (χ0v) is 9.06. The van der Waals surface area contributed by atoms with E-state index in [0.717, 1.165) is 25.7 Å². The van der Waals surface area contributed by atoms with Gasteiger partial charge in [0, 0.05) is 0 Å². The van der Waals surface area contributed by atoms with Crippen LogP contribution in [0.3, 0.4) is 0 Å². The zero-order chi connectivity index (χ0) is 11.5. The van der Waals surface area contributed by atoms with Gasteiger partial charge in [0.05, 0.1) is 11.8 Å². The van der Waals surface area contributed by atoms with E-state index in [9.17, 15) is 14.7 Å². The van der Waals surface area contributed by atoms with Crippen LogP contribution in [0.15, 0.2) is 0 Å². The number of rotatable bonds is 2. The zero-order valence-electron chi connectivity index (χ0n) is 9.06. The van der Waals surface area contributed by atoms with Crippen molar-refractivity contribution < 1.29 is 19.8 Å². The third-order valence-corrected chi connectivity index (χ3v) is 5.21. The first kappa shape index (κ1) is 10.1. The van der Waals surface area contributed by atoms with Crippen LogP contribution in [0.1, 0.15) is 32.1 Å². The van der Waals surface area contributed by atoms with Crippen molar-refractivity contribution in [1.82, 2.24) is 0 Å². The molecule has 3 saturated carbocycles. The van der Waals surface area contributed by atoms with Crippen LogP contribution >= 0.6 is 0 Å². The smallest absolute Gasteiger partial charge is 0.307 e. The minimum Gasteiger partial charge on any atom is -0.481 e. The Morgan fingerprint density at radius 2 is 1.75 bits per heavy atom. The maximum atomic E-state index is 11.3. The lowest BCUT2D eigenvalue weighted by atomic mass is 9.64. The number of aliphatic carboxylic acids is 2. The van der Waals surface area contributed by atoms with Crippen molar-refractivity contribution in [3.8, 4) is 0 Å². The molecule has 4 heteroatoms. The van der Waals surface area contributed by atoms with Crippen LogP contribution in [0.2, 0.25) is 0 Å². The number of hydrogen-bond acceptors (Lipinski definition) is 2. The first-order valence-corrected chi connectivity index (χ1v) is 6.02. The lowest BCUT2D eigenvalue weighted by Gasteiger charge is -2.38. The Balaban J connectivity index is 1.96. The summed E-state index contributed by atoms with van der Waals surface area (Å²) in [5.41, 5.74) is 0.231. The molecule has 2 bridgehead atoms. The lowest BCUT2D eigenvalue weighted by Crippen LogP contribution is -2.43. The Bertz CT molecular complexity index is 358. The molecular formula is C12H16O4. The molecule has 3 aliphatic rings. The predicted octanol–water partition coefficient (Wildman–Crippen LogP) is 1.60.